The first-order chi connectivity index (χ1) is 10.2. The van der Waals surface area contributed by atoms with E-state index in [-0.39, 0.29) is 0 Å². The van der Waals surface area contributed by atoms with Gasteiger partial charge in [-0.3, -0.25) is 4.79 Å². The smallest absolute Gasteiger partial charge is 0.150 e. The van der Waals surface area contributed by atoms with Gasteiger partial charge in [0.25, 0.3) is 0 Å². The molecule has 21 heavy (non-hydrogen) atoms. The molecule has 0 spiro atoms. The van der Waals surface area contributed by atoms with Crippen LogP contribution in [0.2, 0.25) is 5.02 Å². The molecule has 0 aliphatic carbocycles. The van der Waals surface area contributed by atoms with Crippen molar-refractivity contribution >= 4 is 17.9 Å². The quantitative estimate of drug-likeness (QED) is 0.567. The number of aryl methyl sites for hydroxylation is 1. The molecule has 2 aromatic rings. The van der Waals surface area contributed by atoms with E-state index in [1.807, 2.05) is 24.3 Å². The maximum Gasteiger partial charge on any atom is 0.150 e. The summed E-state index contributed by atoms with van der Waals surface area (Å²) in [6, 6.07) is 13.1. The van der Waals surface area contributed by atoms with Gasteiger partial charge in [0.05, 0.1) is 0 Å². The summed E-state index contributed by atoms with van der Waals surface area (Å²) in [5.41, 5.74) is 2.56. The highest BCUT2D eigenvalue weighted by molar-refractivity contribution is 6.30. The van der Waals surface area contributed by atoms with Crippen LogP contribution >= 0.6 is 11.6 Å². The number of halogens is 1. The second-order valence-corrected chi connectivity index (χ2v) is 4.65. The van der Waals surface area contributed by atoms with Crippen LogP contribution < -0.4 is 4.74 Å². The van der Waals surface area contributed by atoms with Crippen molar-refractivity contribution in [1.29, 1.82) is 0 Å². The van der Waals surface area contributed by atoms with E-state index >= 15 is 0 Å². The lowest BCUT2D eigenvalue weighted by atomic mass is 10.1. The summed E-state index contributed by atoms with van der Waals surface area (Å²) in [5, 5.41) is 0.605. The monoisotopic (exact) mass is 302 g/mol. The van der Waals surface area contributed by atoms with Gasteiger partial charge in [-0.05, 0) is 36.2 Å². The summed E-state index contributed by atoms with van der Waals surface area (Å²) in [5.74, 6) is 0.849. The van der Waals surface area contributed by atoms with E-state index in [4.69, 9.17) is 16.3 Å². The van der Waals surface area contributed by atoms with Gasteiger partial charge in [0.1, 0.15) is 18.6 Å². The molecule has 2 aromatic carbocycles. The van der Waals surface area contributed by atoms with Crippen LogP contribution in [0.3, 0.4) is 0 Å². The van der Waals surface area contributed by atoms with E-state index in [0.717, 1.165) is 29.6 Å². The van der Waals surface area contributed by atoms with Gasteiger partial charge >= 0.3 is 0 Å². The lowest BCUT2D eigenvalue weighted by Crippen LogP contribution is -2.01. The Hall–Kier alpha value is -2.06. The molecule has 2 rings (SSSR count). The van der Waals surface area contributed by atoms with E-state index in [0.29, 0.717) is 17.2 Å². The third kappa shape index (κ3) is 4.76. The summed E-state index contributed by atoms with van der Waals surface area (Å²) in [6.07, 6.45) is 1.73. The van der Waals surface area contributed by atoms with Gasteiger partial charge in [0.2, 0.25) is 0 Å². The maximum atomic E-state index is 11.0. The van der Waals surface area contributed by atoms with Gasteiger partial charge in [-0.2, -0.15) is 0 Å². The molecule has 0 aromatic heterocycles. The fraction of sp³-hybridized carbons (Fsp3) is 0.167. The van der Waals surface area contributed by atoms with Crippen molar-refractivity contribution in [3.63, 3.8) is 0 Å². The molecular formula is C18H19ClO2. The molecule has 0 aliphatic rings. The van der Waals surface area contributed by atoms with Crippen LogP contribution in [-0.2, 0) is 13.0 Å². The van der Waals surface area contributed by atoms with E-state index < -0.39 is 0 Å². The Balaban J connectivity index is 0.00000106. The molecule has 0 saturated carbocycles. The molecule has 0 N–H and O–H groups in total. The van der Waals surface area contributed by atoms with Crippen molar-refractivity contribution in [2.75, 3.05) is 0 Å². The predicted molar refractivity (Wildman–Crippen MR) is 88.2 cm³/mol. The minimum atomic E-state index is 0.339. The zero-order valence-corrected chi connectivity index (χ0v) is 12.9. The van der Waals surface area contributed by atoms with Gasteiger partial charge < -0.3 is 4.74 Å². The van der Waals surface area contributed by atoms with Crippen LogP contribution in [0.25, 0.3) is 0 Å². The van der Waals surface area contributed by atoms with E-state index in [1.165, 1.54) is 0 Å². The molecule has 0 amide bonds. The fourth-order valence-corrected chi connectivity index (χ4v) is 2.10. The number of benzene rings is 2. The molecule has 0 radical (unpaired) electrons. The van der Waals surface area contributed by atoms with Crippen LogP contribution in [0.15, 0.2) is 55.6 Å². The Morgan fingerprint density at radius 2 is 1.86 bits per heavy atom. The van der Waals surface area contributed by atoms with Crippen molar-refractivity contribution in [3.05, 3.63) is 77.3 Å². The molecule has 0 saturated heterocycles. The first-order valence-electron chi connectivity index (χ1n) is 6.69. The van der Waals surface area contributed by atoms with Crippen LogP contribution in [-0.4, -0.2) is 6.29 Å². The number of carbonyl (C=O) groups is 1. The molecule has 0 unspecified atom stereocenters. The number of hydrogen-bond acceptors (Lipinski definition) is 2. The van der Waals surface area contributed by atoms with E-state index in [1.54, 1.807) is 18.2 Å². The Morgan fingerprint density at radius 1 is 1.14 bits per heavy atom. The number of ether oxygens (including phenoxy) is 1. The molecular weight excluding hydrogens is 284 g/mol. The summed E-state index contributed by atoms with van der Waals surface area (Å²) >= 11 is 5.94. The van der Waals surface area contributed by atoms with Crippen molar-refractivity contribution in [2.45, 2.75) is 20.0 Å². The predicted octanol–water partition coefficient (Wildman–Crippen LogP) is 5.10. The minimum absolute atomic E-state index is 0.339. The fourth-order valence-electron chi connectivity index (χ4n) is 1.91. The van der Waals surface area contributed by atoms with Crippen LogP contribution in [0.1, 0.15) is 28.4 Å². The second kappa shape index (κ2) is 8.98. The first kappa shape index (κ1) is 17.0. The van der Waals surface area contributed by atoms with Crippen LogP contribution in [0, 0.1) is 0 Å². The number of carbonyl (C=O) groups excluding carboxylic acids is 1. The Labute approximate surface area is 131 Å². The summed E-state index contributed by atoms with van der Waals surface area (Å²) < 4.78 is 5.79. The topological polar surface area (TPSA) is 26.3 Å². The van der Waals surface area contributed by atoms with E-state index in [9.17, 15) is 4.79 Å². The van der Waals surface area contributed by atoms with Crippen LogP contribution in [0.4, 0.5) is 0 Å². The molecule has 0 bridgehead atoms. The molecule has 0 aliphatic heterocycles. The first-order valence-corrected chi connectivity index (χ1v) is 7.06. The lowest BCUT2D eigenvalue weighted by molar-refractivity contribution is 0.112. The maximum absolute atomic E-state index is 11.0. The summed E-state index contributed by atoms with van der Waals surface area (Å²) in [6.45, 7) is 8.42. The number of aldehydes is 1. The molecule has 110 valence electrons. The molecule has 2 nitrogen and oxygen atoms in total. The second-order valence-electron chi connectivity index (χ2n) is 4.21. The highest BCUT2D eigenvalue weighted by Gasteiger charge is 2.06. The van der Waals surface area contributed by atoms with Crippen molar-refractivity contribution in [3.8, 4) is 5.75 Å². The summed E-state index contributed by atoms with van der Waals surface area (Å²) in [4.78, 5) is 11.0. The van der Waals surface area contributed by atoms with Gasteiger partial charge in [0, 0.05) is 16.1 Å². The zero-order chi connectivity index (χ0) is 15.7. The summed E-state index contributed by atoms with van der Waals surface area (Å²) in [7, 11) is 0. The Bertz CT molecular complexity index is 594. The van der Waals surface area contributed by atoms with Crippen LogP contribution in [0.5, 0.6) is 5.75 Å². The standard InChI is InChI=1S/C16H15ClO2.C2H4/c1-2-12-5-3-4-6-16(12)19-11-14-9-15(17)8-7-13(14)10-18;1-2/h3-10H,2,11H2,1H3;1-2H2. The van der Waals surface area contributed by atoms with Gasteiger partial charge in [-0.15, -0.1) is 13.2 Å². The Morgan fingerprint density at radius 3 is 2.52 bits per heavy atom. The molecule has 3 heteroatoms. The molecule has 0 fully saturated rings. The third-order valence-corrected chi connectivity index (χ3v) is 3.20. The van der Waals surface area contributed by atoms with Gasteiger partial charge in [0.15, 0.2) is 0 Å². The highest BCUT2D eigenvalue weighted by Crippen LogP contribution is 2.21. The van der Waals surface area contributed by atoms with E-state index in [2.05, 4.69) is 20.1 Å². The lowest BCUT2D eigenvalue weighted by Gasteiger charge is -2.11. The zero-order valence-electron chi connectivity index (χ0n) is 12.1. The number of hydrogen-bond donors (Lipinski definition) is 0. The van der Waals surface area contributed by atoms with Gasteiger partial charge in [-0.25, -0.2) is 0 Å². The highest BCUT2D eigenvalue weighted by atomic mass is 35.5. The SMILES string of the molecule is C=C.CCc1ccccc1OCc1cc(Cl)ccc1C=O. The minimum Gasteiger partial charge on any atom is -0.489 e. The average molecular weight is 303 g/mol. The van der Waals surface area contributed by atoms with Crippen molar-refractivity contribution < 1.29 is 9.53 Å². The number of rotatable bonds is 5. The number of para-hydroxylation sites is 1. The van der Waals surface area contributed by atoms with Crippen molar-refractivity contribution in [2.24, 2.45) is 0 Å². The van der Waals surface area contributed by atoms with Crippen molar-refractivity contribution in [1.82, 2.24) is 0 Å². The normalized spacial score (nSPS) is 9.43. The molecule has 0 heterocycles. The Kier molecular flexibility index (Phi) is 7.27. The average Bonchev–Trinajstić information content (AvgIpc) is 2.55. The van der Waals surface area contributed by atoms with Gasteiger partial charge in [-0.1, -0.05) is 36.7 Å². The third-order valence-electron chi connectivity index (χ3n) is 2.97. The largest absolute Gasteiger partial charge is 0.489 e. The molecule has 0 atom stereocenters.